The molecule has 150 valence electrons. The fourth-order valence-corrected chi connectivity index (χ4v) is 3.02. The molecule has 30 heavy (non-hydrogen) atoms. The molecule has 0 saturated carbocycles. The highest BCUT2D eigenvalue weighted by Gasteiger charge is 2.18. The van der Waals surface area contributed by atoms with Crippen LogP contribution in [0.2, 0.25) is 0 Å². The van der Waals surface area contributed by atoms with E-state index in [1.807, 2.05) is 79.7 Å². The van der Waals surface area contributed by atoms with E-state index >= 15 is 0 Å². The van der Waals surface area contributed by atoms with Crippen molar-refractivity contribution >= 4 is 17.8 Å². The third kappa shape index (κ3) is 4.72. The fraction of sp³-hybridized carbons (Fsp3) is 0.125. The SMILES string of the molecule is Cc1ccc(C(=O)n2nc(NCc3ccccc3)nc2NCc2ccccc2)cc1. The van der Waals surface area contributed by atoms with Crippen LogP contribution >= 0.6 is 0 Å². The van der Waals surface area contributed by atoms with Crippen LogP contribution in [0.15, 0.2) is 84.9 Å². The lowest BCUT2D eigenvalue weighted by Gasteiger charge is -2.07. The monoisotopic (exact) mass is 397 g/mol. The molecule has 6 nitrogen and oxygen atoms in total. The summed E-state index contributed by atoms with van der Waals surface area (Å²) in [6.07, 6.45) is 0. The maximum atomic E-state index is 13.1. The molecule has 0 spiro atoms. The number of carbonyl (C=O) groups excluding carboxylic acids is 1. The minimum absolute atomic E-state index is 0.231. The molecule has 0 atom stereocenters. The van der Waals surface area contributed by atoms with E-state index in [1.54, 1.807) is 12.1 Å². The van der Waals surface area contributed by atoms with Crippen molar-refractivity contribution in [3.8, 4) is 0 Å². The molecule has 4 aromatic rings. The summed E-state index contributed by atoms with van der Waals surface area (Å²) < 4.78 is 1.32. The van der Waals surface area contributed by atoms with Crippen molar-refractivity contribution in [2.75, 3.05) is 10.6 Å². The van der Waals surface area contributed by atoms with Gasteiger partial charge in [-0.05, 0) is 30.2 Å². The van der Waals surface area contributed by atoms with Crippen molar-refractivity contribution in [3.63, 3.8) is 0 Å². The quantitative estimate of drug-likeness (QED) is 0.480. The number of anilines is 2. The van der Waals surface area contributed by atoms with Crippen LogP contribution < -0.4 is 10.6 Å². The summed E-state index contributed by atoms with van der Waals surface area (Å²) in [6, 6.07) is 27.4. The second kappa shape index (κ2) is 9.05. The Morgan fingerprint density at radius 1 is 0.800 bits per heavy atom. The lowest BCUT2D eigenvalue weighted by Crippen LogP contribution is -2.17. The molecule has 2 N–H and O–H groups in total. The summed E-state index contributed by atoms with van der Waals surface area (Å²) in [5.74, 6) is 0.570. The number of aryl methyl sites for hydroxylation is 1. The van der Waals surface area contributed by atoms with Gasteiger partial charge in [-0.15, -0.1) is 5.10 Å². The Labute approximate surface area is 175 Å². The normalized spacial score (nSPS) is 10.6. The van der Waals surface area contributed by atoms with E-state index in [9.17, 15) is 4.79 Å². The molecule has 0 saturated heterocycles. The van der Waals surface area contributed by atoms with E-state index in [0.717, 1.165) is 16.7 Å². The van der Waals surface area contributed by atoms with Crippen LogP contribution in [-0.2, 0) is 13.1 Å². The van der Waals surface area contributed by atoms with Crippen LogP contribution in [-0.4, -0.2) is 20.7 Å². The van der Waals surface area contributed by atoms with Crippen molar-refractivity contribution < 1.29 is 4.79 Å². The first-order valence-corrected chi connectivity index (χ1v) is 9.83. The summed E-state index contributed by atoms with van der Waals surface area (Å²) in [5, 5.41) is 10.9. The zero-order chi connectivity index (χ0) is 20.8. The lowest BCUT2D eigenvalue weighted by atomic mass is 10.1. The predicted octanol–water partition coefficient (Wildman–Crippen LogP) is 4.50. The van der Waals surface area contributed by atoms with Crippen LogP contribution in [0.4, 0.5) is 11.9 Å². The summed E-state index contributed by atoms with van der Waals surface area (Å²) >= 11 is 0. The molecule has 1 aromatic heterocycles. The molecule has 0 fully saturated rings. The Kier molecular flexibility index (Phi) is 5.85. The van der Waals surface area contributed by atoms with Gasteiger partial charge in [-0.1, -0.05) is 78.4 Å². The van der Waals surface area contributed by atoms with Gasteiger partial charge in [0, 0.05) is 18.7 Å². The number of nitrogens with one attached hydrogen (secondary N) is 2. The van der Waals surface area contributed by atoms with Gasteiger partial charge in [0.1, 0.15) is 0 Å². The minimum atomic E-state index is -0.231. The van der Waals surface area contributed by atoms with Gasteiger partial charge in [0.15, 0.2) is 0 Å². The van der Waals surface area contributed by atoms with E-state index in [1.165, 1.54) is 4.68 Å². The van der Waals surface area contributed by atoms with Crippen molar-refractivity contribution in [1.29, 1.82) is 0 Å². The summed E-state index contributed by atoms with van der Waals surface area (Å²) in [5.41, 5.74) is 3.85. The number of hydrogen-bond acceptors (Lipinski definition) is 5. The molecular formula is C24H23N5O. The van der Waals surface area contributed by atoms with Gasteiger partial charge in [-0.25, -0.2) is 0 Å². The number of nitrogens with zero attached hydrogens (tertiary/aromatic N) is 3. The van der Waals surface area contributed by atoms with Crippen LogP contribution in [0.5, 0.6) is 0 Å². The van der Waals surface area contributed by atoms with Crippen molar-refractivity contribution in [2.24, 2.45) is 0 Å². The van der Waals surface area contributed by atoms with Gasteiger partial charge in [0.05, 0.1) is 0 Å². The van der Waals surface area contributed by atoms with Crippen molar-refractivity contribution in [3.05, 3.63) is 107 Å². The van der Waals surface area contributed by atoms with E-state index in [-0.39, 0.29) is 5.91 Å². The predicted molar refractivity (Wildman–Crippen MR) is 118 cm³/mol. The Hall–Kier alpha value is -3.93. The Morgan fingerprint density at radius 3 is 1.97 bits per heavy atom. The van der Waals surface area contributed by atoms with Gasteiger partial charge in [0.25, 0.3) is 5.91 Å². The summed E-state index contributed by atoms with van der Waals surface area (Å²) in [6.45, 7) is 3.10. The van der Waals surface area contributed by atoms with E-state index in [2.05, 4.69) is 20.7 Å². The van der Waals surface area contributed by atoms with Crippen LogP contribution in [0.1, 0.15) is 27.0 Å². The fourth-order valence-electron chi connectivity index (χ4n) is 3.02. The second-order valence-corrected chi connectivity index (χ2v) is 7.02. The largest absolute Gasteiger partial charge is 0.350 e. The average Bonchev–Trinajstić information content (AvgIpc) is 3.21. The topological polar surface area (TPSA) is 71.8 Å². The first kappa shape index (κ1) is 19.4. The highest BCUT2D eigenvalue weighted by Crippen LogP contribution is 2.15. The second-order valence-electron chi connectivity index (χ2n) is 7.02. The smallest absolute Gasteiger partial charge is 0.281 e. The van der Waals surface area contributed by atoms with E-state index < -0.39 is 0 Å². The van der Waals surface area contributed by atoms with Crippen LogP contribution in [0.3, 0.4) is 0 Å². The first-order chi connectivity index (χ1) is 14.7. The van der Waals surface area contributed by atoms with E-state index in [4.69, 9.17) is 0 Å². The Bertz CT molecular complexity index is 1110. The third-order valence-electron chi connectivity index (χ3n) is 4.68. The number of carbonyl (C=O) groups is 1. The molecule has 1 heterocycles. The van der Waals surface area contributed by atoms with Crippen molar-refractivity contribution in [2.45, 2.75) is 20.0 Å². The third-order valence-corrected chi connectivity index (χ3v) is 4.68. The maximum Gasteiger partial charge on any atom is 0.281 e. The molecule has 0 unspecified atom stereocenters. The minimum Gasteiger partial charge on any atom is -0.350 e. The zero-order valence-electron chi connectivity index (χ0n) is 16.7. The molecular weight excluding hydrogens is 374 g/mol. The van der Waals surface area contributed by atoms with Crippen LogP contribution in [0, 0.1) is 6.92 Å². The van der Waals surface area contributed by atoms with Gasteiger partial charge in [-0.3, -0.25) is 4.79 Å². The highest BCUT2D eigenvalue weighted by molar-refractivity contribution is 5.97. The lowest BCUT2D eigenvalue weighted by molar-refractivity contribution is 0.0947. The molecule has 0 radical (unpaired) electrons. The summed E-state index contributed by atoms with van der Waals surface area (Å²) in [7, 11) is 0. The zero-order valence-corrected chi connectivity index (χ0v) is 16.7. The molecule has 0 aliphatic rings. The van der Waals surface area contributed by atoms with E-state index in [0.29, 0.717) is 30.5 Å². The molecule has 0 bridgehead atoms. The molecule has 0 aliphatic heterocycles. The van der Waals surface area contributed by atoms with Gasteiger partial charge < -0.3 is 10.6 Å². The highest BCUT2D eigenvalue weighted by atomic mass is 16.2. The molecule has 6 heteroatoms. The molecule has 0 amide bonds. The van der Waals surface area contributed by atoms with Crippen molar-refractivity contribution in [1.82, 2.24) is 14.8 Å². The van der Waals surface area contributed by atoms with Crippen LogP contribution in [0.25, 0.3) is 0 Å². The van der Waals surface area contributed by atoms with Gasteiger partial charge >= 0.3 is 0 Å². The average molecular weight is 397 g/mol. The number of aromatic nitrogens is 3. The number of rotatable bonds is 7. The van der Waals surface area contributed by atoms with Gasteiger partial charge in [-0.2, -0.15) is 9.67 Å². The molecule has 0 aliphatic carbocycles. The standard InChI is InChI=1S/C24H23N5O/c1-18-12-14-21(15-13-18)22(30)29-24(26-17-20-10-6-3-7-11-20)27-23(28-29)25-16-19-8-4-2-5-9-19/h2-15H,16-17H2,1H3,(H2,25,26,27,28). The summed E-state index contributed by atoms with van der Waals surface area (Å²) in [4.78, 5) is 17.6. The molecule has 4 rings (SSSR count). The Morgan fingerprint density at radius 2 is 1.37 bits per heavy atom. The van der Waals surface area contributed by atoms with Gasteiger partial charge in [0.2, 0.25) is 11.9 Å². The number of hydrogen-bond donors (Lipinski definition) is 2. The number of benzene rings is 3. The maximum absolute atomic E-state index is 13.1. The Balaban J connectivity index is 1.57. The molecule has 3 aromatic carbocycles. The first-order valence-electron chi connectivity index (χ1n) is 9.83.